The van der Waals surface area contributed by atoms with E-state index in [9.17, 15) is 0 Å². The smallest absolute Gasteiger partial charge is 0.157 e. The van der Waals surface area contributed by atoms with Crippen molar-refractivity contribution in [3.05, 3.63) is 35.9 Å². The summed E-state index contributed by atoms with van der Waals surface area (Å²) in [5.74, 6) is 0. The van der Waals surface area contributed by atoms with Crippen molar-refractivity contribution < 1.29 is 0 Å². The second-order valence-corrected chi connectivity index (χ2v) is 5.03. The number of hydrogen-bond acceptors (Lipinski definition) is 2. The van der Waals surface area contributed by atoms with Gasteiger partial charge in [-0.05, 0) is 5.56 Å². The van der Waals surface area contributed by atoms with E-state index in [4.69, 9.17) is 5.41 Å². The van der Waals surface area contributed by atoms with E-state index < -0.39 is 0 Å². The summed E-state index contributed by atoms with van der Waals surface area (Å²) in [7, 11) is 0. The van der Waals surface area contributed by atoms with E-state index in [0.29, 0.717) is 10.4 Å². The van der Waals surface area contributed by atoms with E-state index in [1.165, 1.54) is 5.56 Å². The van der Waals surface area contributed by atoms with Crippen molar-refractivity contribution in [2.24, 2.45) is 0 Å². The van der Waals surface area contributed by atoms with E-state index in [2.05, 4.69) is 24.0 Å². The lowest BCUT2D eigenvalue weighted by molar-refractivity contribution is 0.435. The lowest BCUT2D eigenvalue weighted by Crippen LogP contribution is -2.24. The molecular formula is C11H15ClN2S. The first kappa shape index (κ1) is 12.4. The number of amidine groups is 1. The van der Waals surface area contributed by atoms with Crippen LogP contribution in [-0.2, 0) is 6.54 Å². The molecule has 2 nitrogen and oxygen atoms in total. The molecule has 1 heterocycles. The Morgan fingerprint density at radius 3 is 2.60 bits per heavy atom. The van der Waals surface area contributed by atoms with Crippen molar-refractivity contribution >= 4 is 29.3 Å². The summed E-state index contributed by atoms with van der Waals surface area (Å²) >= 11 is 1.66. The maximum absolute atomic E-state index is 7.77. The highest BCUT2D eigenvalue weighted by Gasteiger charge is 2.23. The van der Waals surface area contributed by atoms with E-state index in [0.717, 1.165) is 13.1 Å². The average Bonchev–Trinajstić information content (AvgIpc) is 2.47. The standard InChI is InChI=1S/C11H14N2S.ClH/c1-9-7-13(11(12)14-9)8-10-5-3-2-4-6-10;/h2-6,9,12H,7-8H2,1H3;1H. The van der Waals surface area contributed by atoms with Gasteiger partial charge in [0, 0.05) is 18.3 Å². The molecule has 0 bridgehead atoms. The highest BCUT2D eigenvalue weighted by Crippen LogP contribution is 2.25. The highest BCUT2D eigenvalue weighted by atomic mass is 35.5. The van der Waals surface area contributed by atoms with Gasteiger partial charge in [-0.25, -0.2) is 0 Å². The molecule has 0 radical (unpaired) electrons. The van der Waals surface area contributed by atoms with Gasteiger partial charge in [-0.1, -0.05) is 49.0 Å². The number of nitrogens with zero attached hydrogens (tertiary/aromatic N) is 1. The minimum Gasteiger partial charge on any atom is -0.346 e. The zero-order valence-electron chi connectivity index (χ0n) is 8.64. The summed E-state index contributed by atoms with van der Waals surface area (Å²) in [6.07, 6.45) is 0. The zero-order valence-corrected chi connectivity index (χ0v) is 10.3. The highest BCUT2D eigenvalue weighted by molar-refractivity contribution is 8.14. The summed E-state index contributed by atoms with van der Waals surface area (Å²) in [5.41, 5.74) is 1.28. The predicted molar refractivity (Wildman–Crippen MR) is 68.9 cm³/mol. The van der Waals surface area contributed by atoms with Crippen molar-refractivity contribution in [3.63, 3.8) is 0 Å². The number of hydrogen-bond donors (Lipinski definition) is 1. The molecule has 82 valence electrons. The third-order valence-corrected chi connectivity index (χ3v) is 3.33. The fraction of sp³-hybridized carbons (Fsp3) is 0.364. The van der Waals surface area contributed by atoms with Crippen LogP contribution in [0.15, 0.2) is 30.3 Å². The first-order chi connectivity index (χ1) is 6.75. The van der Waals surface area contributed by atoms with Crippen LogP contribution in [0, 0.1) is 5.41 Å². The summed E-state index contributed by atoms with van der Waals surface area (Å²) in [4.78, 5) is 2.13. The molecule has 1 fully saturated rings. The van der Waals surface area contributed by atoms with Gasteiger partial charge in [0.1, 0.15) is 0 Å². The van der Waals surface area contributed by atoms with Crippen molar-refractivity contribution in [1.29, 1.82) is 5.41 Å². The predicted octanol–water partition coefficient (Wildman–Crippen LogP) is 2.98. The molecular weight excluding hydrogens is 228 g/mol. The van der Waals surface area contributed by atoms with Crippen molar-refractivity contribution in [3.8, 4) is 0 Å². The van der Waals surface area contributed by atoms with Crippen LogP contribution in [0.25, 0.3) is 0 Å². The van der Waals surface area contributed by atoms with Gasteiger partial charge >= 0.3 is 0 Å². The van der Waals surface area contributed by atoms with Gasteiger partial charge in [0.2, 0.25) is 0 Å². The van der Waals surface area contributed by atoms with Gasteiger partial charge in [0.25, 0.3) is 0 Å². The van der Waals surface area contributed by atoms with Gasteiger partial charge in [-0.2, -0.15) is 0 Å². The third-order valence-electron chi connectivity index (χ3n) is 2.29. The summed E-state index contributed by atoms with van der Waals surface area (Å²) < 4.78 is 0. The Morgan fingerprint density at radius 1 is 1.40 bits per heavy atom. The molecule has 0 aliphatic carbocycles. The van der Waals surface area contributed by atoms with Crippen LogP contribution < -0.4 is 0 Å². The molecule has 15 heavy (non-hydrogen) atoms. The molecule has 1 N–H and O–H groups in total. The fourth-order valence-electron chi connectivity index (χ4n) is 1.64. The SMILES string of the molecule is CC1CN(Cc2ccccc2)C(=N)S1.Cl. The van der Waals surface area contributed by atoms with Gasteiger partial charge in [0.15, 0.2) is 5.17 Å². The van der Waals surface area contributed by atoms with Crippen LogP contribution in [-0.4, -0.2) is 21.9 Å². The fourth-order valence-corrected chi connectivity index (χ4v) is 2.56. The lowest BCUT2D eigenvalue weighted by atomic mass is 10.2. The molecule has 1 unspecified atom stereocenters. The number of benzene rings is 1. The van der Waals surface area contributed by atoms with Crippen LogP contribution in [0.5, 0.6) is 0 Å². The van der Waals surface area contributed by atoms with E-state index >= 15 is 0 Å². The number of halogens is 1. The Hall–Kier alpha value is -0.670. The van der Waals surface area contributed by atoms with Gasteiger partial charge in [-0.15, -0.1) is 12.4 Å². The van der Waals surface area contributed by atoms with Crippen molar-refractivity contribution in [2.45, 2.75) is 18.7 Å². The molecule has 1 atom stereocenters. The van der Waals surface area contributed by atoms with Crippen LogP contribution in [0.1, 0.15) is 12.5 Å². The average molecular weight is 243 g/mol. The van der Waals surface area contributed by atoms with Gasteiger partial charge in [0.05, 0.1) is 0 Å². The number of rotatable bonds is 2. The molecule has 1 aliphatic rings. The Morgan fingerprint density at radius 2 is 2.07 bits per heavy atom. The Balaban J connectivity index is 0.00000112. The molecule has 1 aromatic carbocycles. The minimum atomic E-state index is 0. The van der Waals surface area contributed by atoms with Gasteiger partial charge in [-0.3, -0.25) is 5.41 Å². The van der Waals surface area contributed by atoms with Crippen LogP contribution in [0.4, 0.5) is 0 Å². The summed E-state index contributed by atoms with van der Waals surface area (Å²) in [5, 5.41) is 9.05. The quantitative estimate of drug-likeness (QED) is 0.863. The molecule has 0 saturated carbocycles. The maximum atomic E-state index is 7.77. The van der Waals surface area contributed by atoms with Crippen molar-refractivity contribution in [2.75, 3.05) is 6.54 Å². The monoisotopic (exact) mass is 242 g/mol. The molecule has 2 rings (SSSR count). The zero-order chi connectivity index (χ0) is 9.97. The molecule has 0 amide bonds. The normalized spacial score (nSPS) is 20.2. The molecule has 1 aliphatic heterocycles. The summed E-state index contributed by atoms with van der Waals surface area (Å²) in [6.45, 7) is 4.04. The van der Waals surface area contributed by atoms with Crippen LogP contribution in [0.2, 0.25) is 0 Å². The van der Waals surface area contributed by atoms with E-state index in [-0.39, 0.29) is 12.4 Å². The molecule has 0 spiro atoms. The van der Waals surface area contributed by atoms with Gasteiger partial charge < -0.3 is 4.90 Å². The Labute approximate surface area is 101 Å². The largest absolute Gasteiger partial charge is 0.346 e. The van der Waals surface area contributed by atoms with E-state index in [1.807, 2.05) is 18.2 Å². The number of nitrogens with one attached hydrogen (secondary N) is 1. The molecule has 1 saturated heterocycles. The molecule has 4 heteroatoms. The second kappa shape index (κ2) is 5.42. The van der Waals surface area contributed by atoms with E-state index in [1.54, 1.807) is 11.8 Å². The molecule has 0 aromatic heterocycles. The minimum absolute atomic E-state index is 0. The summed E-state index contributed by atoms with van der Waals surface area (Å²) in [6, 6.07) is 10.3. The molecule has 1 aromatic rings. The third kappa shape index (κ3) is 3.14. The number of thioether (sulfide) groups is 1. The Kier molecular flexibility index (Phi) is 4.48. The topological polar surface area (TPSA) is 27.1 Å². The maximum Gasteiger partial charge on any atom is 0.157 e. The van der Waals surface area contributed by atoms with Crippen LogP contribution >= 0.6 is 24.2 Å². The second-order valence-electron chi connectivity index (χ2n) is 3.60. The van der Waals surface area contributed by atoms with Crippen molar-refractivity contribution in [1.82, 2.24) is 4.90 Å². The van der Waals surface area contributed by atoms with Crippen LogP contribution in [0.3, 0.4) is 0 Å². The first-order valence-electron chi connectivity index (χ1n) is 4.80. The lowest BCUT2D eigenvalue weighted by Gasteiger charge is -2.16. The first-order valence-corrected chi connectivity index (χ1v) is 5.68. The Bertz CT molecular complexity index is 329.